The summed E-state index contributed by atoms with van der Waals surface area (Å²) in [6, 6.07) is 7.41. The maximum Gasteiger partial charge on any atom is 0.308 e. The number of benzene rings is 1. The van der Waals surface area contributed by atoms with Crippen LogP contribution < -0.4 is 0 Å². The van der Waals surface area contributed by atoms with Crippen LogP contribution in [0.15, 0.2) is 29.2 Å². The second-order valence-corrected chi connectivity index (χ2v) is 8.25. The first-order valence-corrected chi connectivity index (χ1v) is 9.15. The summed E-state index contributed by atoms with van der Waals surface area (Å²) < 4.78 is 0. The van der Waals surface area contributed by atoms with Crippen LogP contribution >= 0.6 is 23.4 Å². The average molecular weight is 354 g/mol. The fraction of sp³-hybridized carbons (Fsp3) is 0.529. The number of carboxylic acids is 1. The van der Waals surface area contributed by atoms with Gasteiger partial charge in [0.05, 0.1) is 11.2 Å². The van der Waals surface area contributed by atoms with Gasteiger partial charge in [-0.2, -0.15) is 0 Å². The third-order valence-corrected chi connectivity index (χ3v) is 6.05. The van der Waals surface area contributed by atoms with Crippen LogP contribution in [-0.2, 0) is 9.59 Å². The molecule has 0 aromatic heterocycles. The zero-order chi connectivity index (χ0) is 16.6. The Hall–Kier alpha value is -1.20. The van der Waals surface area contributed by atoms with Crippen molar-refractivity contribution in [3.8, 4) is 0 Å². The molecular weight excluding hydrogens is 334 g/mol. The highest BCUT2D eigenvalue weighted by Gasteiger charge is 2.47. The molecule has 1 aromatic carbocycles. The van der Waals surface area contributed by atoms with Crippen LogP contribution in [-0.4, -0.2) is 40.2 Å². The number of likely N-dealkylation sites (tertiary alicyclic amines) is 1. The van der Waals surface area contributed by atoms with Gasteiger partial charge in [-0.1, -0.05) is 11.6 Å². The number of rotatable bonds is 5. The summed E-state index contributed by atoms with van der Waals surface area (Å²) in [5, 5.41) is 9.84. The van der Waals surface area contributed by atoms with Gasteiger partial charge < -0.3 is 10.0 Å². The van der Waals surface area contributed by atoms with Crippen molar-refractivity contribution in [3.05, 3.63) is 29.3 Å². The molecule has 0 radical (unpaired) electrons. The highest BCUT2D eigenvalue weighted by Crippen LogP contribution is 2.44. The number of nitrogens with zero attached hydrogens (tertiary/aromatic N) is 1. The van der Waals surface area contributed by atoms with E-state index in [9.17, 15) is 14.7 Å². The molecule has 0 bridgehead atoms. The summed E-state index contributed by atoms with van der Waals surface area (Å²) in [6.07, 6.45) is 2.21. The van der Waals surface area contributed by atoms with Gasteiger partial charge in [-0.15, -0.1) is 11.8 Å². The quantitative estimate of drug-likeness (QED) is 0.824. The van der Waals surface area contributed by atoms with Gasteiger partial charge in [-0.05, 0) is 55.9 Å². The Bertz CT molecular complexity index is 602. The first kappa shape index (κ1) is 16.7. The number of carbonyl (C=O) groups excluding carboxylic acids is 1. The van der Waals surface area contributed by atoms with E-state index in [2.05, 4.69) is 0 Å². The topological polar surface area (TPSA) is 57.6 Å². The van der Waals surface area contributed by atoms with Crippen molar-refractivity contribution in [2.24, 2.45) is 17.8 Å². The predicted octanol–water partition coefficient (Wildman–Crippen LogP) is 3.39. The van der Waals surface area contributed by atoms with Crippen molar-refractivity contribution in [3.63, 3.8) is 0 Å². The lowest BCUT2D eigenvalue weighted by molar-refractivity contribution is -0.142. The van der Waals surface area contributed by atoms with E-state index in [1.54, 1.807) is 17.0 Å². The van der Waals surface area contributed by atoms with E-state index >= 15 is 0 Å². The molecule has 23 heavy (non-hydrogen) atoms. The normalized spacial score (nSPS) is 25.4. The number of thioether (sulfide) groups is 1. The van der Waals surface area contributed by atoms with Crippen LogP contribution in [0.1, 0.15) is 19.8 Å². The van der Waals surface area contributed by atoms with E-state index in [1.165, 1.54) is 11.8 Å². The summed E-state index contributed by atoms with van der Waals surface area (Å²) in [6.45, 7) is 2.81. The molecule has 1 saturated heterocycles. The van der Waals surface area contributed by atoms with E-state index in [0.717, 1.165) is 17.7 Å². The Labute approximate surface area is 145 Å². The molecule has 1 aromatic rings. The summed E-state index contributed by atoms with van der Waals surface area (Å²) in [5.74, 6) is -0.522. The lowest BCUT2D eigenvalue weighted by Crippen LogP contribution is -2.35. The third kappa shape index (κ3) is 3.83. The maximum atomic E-state index is 12.7. The Morgan fingerprint density at radius 2 is 1.91 bits per heavy atom. The highest BCUT2D eigenvalue weighted by atomic mass is 35.5. The first-order chi connectivity index (χ1) is 11.0. The summed E-state index contributed by atoms with van der Waals surface area (Å²) in [4.78, 5) is 26.8. The van der Waals surface area contributed by atoms with E-state index in [1.807, 2.05) is 19.1 Å². The zero-order valence-electron chi connectivity index (χ0n) is 12.9. The number of hydrogen-bond acceptors (Lipinski definition) is 3. The Balaban J connectivity index is 1.63. The molecule has 1 aliphatic heterocycles. The second kappa shape index (κ2) is 6.73. The number of halogens is 1. The number of hydrogen-bond donors (Lipinski definition) is 1. The summed E-state index contributed by atoms with van der Waals surface area (Å²) in [5.41, 5.74) is 0. The molecule has 6 heteroatoms. The minimum atomic E-state index is -0.768. The highest BCUT2D eigenvalue weighted by molar-refractivity contribution is 8.00. The van der Waals surface area contributed by atoms with E-state index in [0.29, 0.717) is 24.0 Å². The van der Waals surface area contributed by atoms with Gasteiger partial charge >= 0.3 is 5.97 Å². The van der Waals surface area contributed by atoms with Crippen molar-refractivity contribution >= 4 is 35.2 Å². The minimum Gasteiger partial charge on any atom is -0.481 e. The molecule has 3 rings (SSSR count). The first-order valence-electron chi connectivity index (χ1n) is 7.89. The summed E-state index contributed by atoms with van der Waals surface area (Å²) >= 11 is 7.36. The van der Waals surface area contributed by atoms with Crippen LogP contribution in [0.25, 0.3) is 0 Å². The van der Waals surface area contributed by atoms with Gasteiger partial charge in [-0.3, -0.25) is 9.59 Å². The summed E-state index contributed by atoms with van der Waals surface area (Å²) in [7, 11) is 0. The van der Waals surface area contributed by atoms with Crippen LogP contribution in [0, 0.1) is 17.8 Å². The van der Waals surface area contributed by atoms with Gasteiger partial charge in [-0.25, -0.2) is 0 Å². The monoisotopic (exact) mass is 353 g/mol. The molecule has 4 nitrogen and oxygen atoms in total. The molecule has 124 valence electrons. The zero-order valence-corrected chi connectivity index (χ0v) is 14.5. The number of aliphatic carboxylic acids is 1. The van der Waals surface area contributed by atoms with E-state index in [4.69, 9.17) is 11.6 Å². The molecule has 2 aliphatic rings. The second-order valence-electron chi connectivity index (χ2n) is 6.40. The molecule has 1 amide bonds. The molecule has 3 atom stereocenters. The van der Waals surface area contributed by atoms with Gasteiger partial charge in [0.15, 0.2) is 0 Å². The standard InChI is InChI=1S/C17H20ClNO3S/c1-10(23-13-6-4-12(18)5-7-13)16(20)19-8-14(11-2-3-11)15(9-19)17(21)22/h4-7,10-11,14-15H,2-3,8-9H2,1H3,(H,21,22)/t10?,14-,15+/m1/s1. The maximum absolute atomic E-state index is 12.7. The van der Waals surface area contributed by atoms with Crippen LogP contribution in [0.4, 0.5) is 0 Å². The number of carboxylic acid groups (broad SMARTS) is 1. The lowest BCUT2D eigenvalue weighted by Gasteiger charge is -2.20. The van der Waals surface area contributed by atoms with E-state index in [-0.39, 0.29) is 17.1 Å². The van der Waals surface area contributed by atoms with Gasteiger partial charge in [0.25, 0.3) is 0 Å². The smallest absolute Gasteiger partial charge is 0.308 e. The fourth-order valence-electron chi connectivity index (χ4n) is 3.30. The van der Waals surface area contributed by atoms with Crippen LogP contribution in [0.5, 0.6) is 0 Å². The Kier molecular flexibility index (Phi) is 4.87. The molecule has 1 heterocycles. The predicted molar refractivity (Wildman–Crippen MR) is 90.7 cm³/mol. The molecule has 1 aliphatic carbocycles. The fourth-order valence-corrected chi connectivity index (χ4v) is 4.37. The van der Waals surface area contributed by atoms with Gasteiger partial charge in [0.2, 0.25) is 5.91 Å². The molecule has 1 N–H and O–H groups in total. The van der Waals surface area contributed by atoms with Crippen molar-refractivity contribution in [1.29, 1.82) is 0 Å². The van der Waals surface area contributed by atoms with Crippen LogP contribution in [0.3, 0.4) is 0 Å². The van der Waals surface area contributed by atoms with Crippen LogP contribution in [0.2, 0.25) is 5.02 Å². The van der Waals surface area contributed by atoms with Gasteiger partial charge in [0.1, 0.15) is 0 Å². The largest absolute Gasteiger partial charge is 0.481 e. The van der Waals surface area contributed by atoms with Gasteiger partial charge in [0, 0.05) is 23.0 Å². The van der Waals surface area contributed by atoms with Crippen molar-refractivity contribution in [2.75, 3.05) is 13.1 Å². The molecule has 1 saturated carbocycles. The lowest BCUT2D eigenvalue weighted by atomic mass is 9.92. The molecule has 1 unspecified atom stereocenters. The molecular formula is C17H20ClNO3S. The Morgan fingerprint density at radius 1 is 1.26 bits per heavy atom. The average Bonchev–Trinajstić information content (AvgIpc) is 3.27. The minimum absolute atomic E-state index is 0.0272. The SMILES string of the molecule is CC(Sc1ccc(Cl)cc1)C(=O)N1C[C@H](C(=O)O)[C@@H](C2CC2)C1. The molecule has 0 spiro atoms. The van der Waals surface area contributed by atoms with E-state index < -0.39 is 11.9 Å². The van der Waals surface area contributed by atoms with Crippen molar-refractivity contribution in [2.45, 2.75) is 29.9 Å². The number of amides is 1. The Morgan fingerprint density at radius 3 is 2.48 bits per heavy atom. The number of carbonyl (C=O) groups is 2. The third-order valence-electron chi connectivity index (χ3n) is 4.70. The van der Waals surface area contributed by atoms with Crippen molar-refractivity contribution in [1.82, 2.24) is 4.90 Å². The van der Waals surface area contributed by atoms with Crippen molar-refractivity contribution < 1.29 is 14.7 Å². The molecule has 2 fully saturated rings.